The van der Waals surface area contributed by atoms with Crippen LogP contribution in [0.15, 0.2) is 23.1 Å². The molecule has 126 valence electrons. The lowest BCUT2D eigenvalue weighted by atomic mass is 9.96. The molecule has 1 N–H and O–H groups in total. The van der Waals surface area contributed by atoms with Crippen molar-refractivity contribution in [2.75, 3.05) is 4.90 Å². The van der Waals surface area contributed by atoms with Crippen molar-refractivity contribution in [3.8, 4) is 0 Å². The number of amides is 1. The quantitative estimate of drug-likeness (QED) is 0.922. The number of carbonyl (C=O) groups excluding carboxylic acids is 1. The Hall–Kier alpha value is -1.40. The van der Waals surface area contributed by atoms with E-state index in [2.05, 4.69) is 4.72 Å². The second-order valence-electron chi connectivity index (χ2n) is 6.69. The van der Waals surface area contributed by atoms with Gasteiger partial charge < -0.3 is 4.90 Å². The molecule has 1 aromatic rings. The molecule has 1 atom stereocenters. The first-order valence-corrected chi connectivity index (χ1v) is 9.82. The number of sulfonamides is 1. The molecule has 23 heavy (non-hydrogen) atoms. The molecule has 1 fully saturated rings. The Morgan fingerprint density at radius 1 is 1.22 bits per heavy atom. The number of hydrogen-bond donors (Lipinski definition) is 1. The zero-order valence-corrected chi connectivity index (χ0v) is 14.5. The fourth-order valence-electron chi connectivity index (χ4n) is 3.76. The van der Waals surface area contributed by atoms with Crippen LogP contribution in [0.25, 0.3) is 0 Å². The Morgan fingerprint density at radius 3 is 2.57 bits per heavy atom. The molecule has 0 aromatic heterocycles. The lowest BCUT2D eigenvalue weighted by Crippen LogP contribution is -2.36. The smallest absolute Gasteiger partial charge is 0.240 e. The number of rotatable bonds is 3. The second-order valence-corrected chi connectivity index (χ2v) is 8.40. The molecule has 1 aromatic carbocycles. The van der Waals surface area contributed by atoms with Gasteiger partial charge in [0.25, 0.3) is 0 Å². The summed E-state index contributed by atoms with van der Waals surface area (Å²) in [5.74, 6) is -0.00723. The van der Waals surface area contributed by atoms with Gasteiger partial charge in [-0.15, -0.1) is 0 Å². The molecule has 0 spiro atoms. The molecule has 1 unspecified atom stereocenters. The lowest BCUT2D eigenvalue weighted by molar-refractivity contribution is -0.116. The molecular weight excluding hydrogens is 312 g/mol. The number of carbonyl (C=O) groups is 1. The lowest BCUT2D eigenvalue weighted by Gasteiger charge is -2.23. The summed E-state index contributed by atoms with van der Waals surface area (Å²) >= 11 is 0. The van der Waals surface area contributed by atoms with E-state index in [0.717, 1.165) is 36.9 Å². The van der Waals surface area contributed by atoms with E-state index in [0.29, 0.717) is 11.3 Å². The van der Waals surface area contributed by atoms with Gasteiger partial charge in [0, 0.05) is 24.7 Å². The maximum absolute atomic E-state index is 12.6. The van der Waals surface area contributed by atoms with Crippen molar-refractivity contribution in [3.05, 3.63) is 23.8 Å². The van der Waals surface area contributed by atoms with Gasteiger partial charge in [0.1, 0.15) is 0 Å². The summed E-state index contributed by atoms with van der Waals surface area (Å²) in [6.45, 7) is 3.52. The van der Waals surface area contributed by atoms with E-state index in [1.807, 2.05) is 6.92 Å². The first-order chi connectivity index (χ1) is 10.9. The minimum Gasteiger partial charge on any atom is -0.309 e. The predicted octanol–water partition coefficient (Wildman–Crippen LogP) is 2.60. The van der Waals surface area contributed by atoms with Crippen LogP contribution in [-0.2, 0) is 21.2 Å². The zero-order chi connectivity index (χ0) is 16.6. The van der Waals surface area contributed by atoms with Gasteiger partial charge in [0.15, 0.2) is 0 Å². The predicted molar refractivity (Wildman–Crippen MR) is 90.0 cm³/mol. The topological polar surface area (TPSA) is 66.5 Å². The molecule has 1 saturated carbocycles. The van der Waals surface area contributed by atoms with Crippen molar-refractivity contribution in [2.45, 2.75) is 69.4 Å². The van der Waals surface area contributed by atoms with E-state index in [-0.39, 0.29) is 18.0 Å². The van der Waals surface area contributed by atoms with Crippen molar-refractivity contribution in [3.63, 3.8) is 0 Å². The van der Waals surface area contributed by atoms with Gasteiger partial charge in [-0.3, -0.25) is 4.79 Å². The summed E-state index contributed by atoms with van der Waals surface area (Å²) in [6.07, 6.45) is 5.89. The van der Waals surface area contributed by atoms with E-state index >= 15 is 0 Å². The maximum atomic E-state index is 12.6. The number of benzene rings is 1. The summed E-state index contributed by atoms with van der Waals surface area (Å²) in [4.78, 5) is 13.8. The average molecular weight is 336 g/mol. The van der Waals surface area contributed by atoms with Crippen molar-refractivity contribution < 1.29 is 13.2 Å². The van der Waals surface area contributed by atoms with Crippen LogP contribution in [0.5, 0.6) is 0 Å². The van der Waals surface area contributed by atoms with Crippen molar-refractivity contribution >= 4 is 21.6 Å². The number of hydrogen-bond acceptors (Lipinski definition) is 3. The Bertz CT molecular complexity index is 709. The van der Waals surface area contributed by atoms with E-state index in [9.17, 15) is 13.2 Å². The van der Waals surface area contributed by atoms with Crippen LogP contribution in [0.2, 0.25) is 0 Å². The fourth-order valence-corrected chi connectivity index (χ4v) is 5.12. The Morgan fingerprint density at radius 2 is 1.91 bits per heavy atom. The van der Waals surface area contributed by atoms with Gasteiger partial charge in [-0.25, -0.2) is 13.1 Å². The third-order valence-electron chi connectivity index (χ3n) is 4.84. The SMILES string of the molecule is CC(=O)N1c2ccc(S(=O)(=O)NC3CCCCC3)cc2CC1C. The van der Waals surface area contributed by atoms with E-state index in [4.69, 9.17) is 0 Å². The molecule has 6 heteroatoms. The highest BCUT2D eigenvalue weighted by atomic mass is 32.2. The monoisotopic (exact) mass is 336 g/mol. The standard InChI is InChI=1S/C17H24N2O3S/c1-12-10-14-11-16(8-9-17(14)19(12)13(2)20)23(21,22)18-15-6-4-3-5-7-15/h8-9,11-12,15,18H,3-7,10H2,1-2H3. The molecule has 0 saturated heterocycles. The van der Waals surface area contributed by atoms with Crippen molar-refractivity contribution in [2.24, 2.45) is 0 Å². The number of fused-ring (bicyclic) bond motifs is 1. The van der Waals surface area contributed by atoms with E-state index < -0.39 is 10.0 Å². The minimum atomic E-state index is -3.49. The van der Waals surface area contributed by atoms with Gasteiger partial charge >= 0.3 is 0 Å². The van der Waals surface area contributed by atoms with Crippen LogP contribution in [-0.4, -0.2) is 26.4 Å². The molecule has 1 amide bonds. The summed E-state index contributed by atoms with van der Waals surface area (Å²) < 4.78 is 28.1. The van der Waals surface area contributed by atoms with Crippen LogP contribution in [0.3, 0.4) is 0 Å². The van der Waals surface area contributed by atoms with Crippen LogP contribution in [0.1, 0.15) is 51.5 Å². The summed E-state index contributed by atoms with van der Waals surface area (Å²) in [5, 5.41) is 0. The normalized spacial score (nSPS) is 22.2. The molecule has 1 heterocycles. The van der Waals surface area contributed by atoms with Crippen LogP contribution < -0.4 is 9.62 Å². The summed E-state index contributed by atoms with van der Waals surface area (Å²) in [6, 6.07) is 5.22. The van der Waals surface area contributed by atoms with Gasteiger partial charge in [0.05, 0.1) is 4.90 Å². The molecule has 2 aliphatic rings. The van der Waals surface area contributed by atoms with Gasteiger partial charge in [-0.2, -0.15) is 0 Å². The first kappa shape index (κ1) is 16.5. The Kier molecular flexibility index (Phi) is 4.47. The molecule has 0 radical (unpaired) electrons. The van der Waals surface area contributed by atoms with Crippen molar-refractivity contribution in [1.29, 1.82) is 0 Å². The highest BCUT2D eigenvalue weighted by Crippen LogP contribution is 2.34. The molecule has 1 aliphatic carbocycles. The average Bonchev–Trinajstić information content (AvgIpc) is 2.82. The van der Waals surface area contributed by atoms with Gasteiger partial charge in [-0.1, -0.05) is 19.3 Å². The summed E-state index contributed by atoms with van der Waals surface area (Å²) in [5.41, 5.74) is 1.76. The van der Waals surface area contributed by atoms with E-state index in [1.54, 1.807) is 30.0 Å². The number of nitrogens with one attached hydrogen (secondary N) is 1. The van der Waals surface area contributed by atoms with Crippen LogP contribution in [0, 0.1) is 0 Å². The third-order valence-corrected chi connectivity index (χ3v) is 6.36. The summed E-state index contributed by atoms with van der Waals surface area (Å²) in [7, 11) is -3.49. The van der Waals surface area contributed by atoms with Crippen LogP contribution in [0.4, 0.5) is 5.69 Å². The fraction of sp³-hybridized carbons (Fsp3) is 0.588. The molecule has 0 bridgehead atoms. The number of nitrogens with zero attached hydrogens (tertiary/aromatic N) is 1. The van der Waals surface area contributed by atoms with Crippen LogP contribution >= 0.6 is 0 Å². The maximum Gasteiger partial charge on any atom is 0.240 e. The largest absolute Gasteiger partial charge is 0.309 e. The van der Waals surface area contributed by atoms with Gasteiger partial charge in [0.2, 0.25) is 15.9 Å². The molecule has 3 rings (SSSR count). The van der Waals surface area contributed by atoms with Gasteiger partial charge in [-0.05, 0) is 49.9 Å². The molecule has 1 aliphatic heterocycles. The Balaban J connectivity index is 1.84. The number of anilines is 1. The minimum absolute atomic E-state index is 0.00723. The second kappa shape index (κ2) is 6.24. The van der Waals surface area contributed by atoms with E-state index in [1.165, 1.54) is 6.42 Å². The highest BCUT2D eigenvalue weighted by Gasteiger charge is 2.30. The molecule has 5 nitrogen and oxygen atoms in total. The zero-order valence-electron chi connectivity index (χ0n) is 13.7. The Labute approximate surface area is 138 Å². The third kappa shape index (κ3) is 3.28. The molecular formula is C17H24N2O3S. The highest BCUT2D eigenvalue weighted by molar-refractivity contribution is 7.89. The van der Waals surface area contributed by atoms with Crippen molar-refractivity contribution in [1.82, 2.24) is 4.72 Å². The first-order valence-electron chi connectivity index (χ1n) is 8.33.